The Hall–Kier alpha value is -2.20. The number of benzene rings is 1. The average molecular weight is 389 g/mol. The minimum absolute atomic E-state index is 0.0662. The molecule has 2 aromatic rings. The molecule has 1 aliphatic heterocycles. The van der Waals surface area contributed by atoms with Gasteiger partial charge in [-0.05, 0) is 30.3 Å². The molecule has 140 valence electrons. The molecule has 26 heavy (non-hydrogen) atoms. The van der Waals surface area contributed by atoms with Gasteiger partial charge in [0.2, 0.25) is 10.0 Å². The maximum atomic E-state index is 13.3. The molecule has 0 bridgehead atoms. The summed E-state index contributed by atoms with van der Waals surface area (Å²) in [6.07, 6.45) is -3.39. The van der Waals surface area contributed by atoms with E-state index in [-0.39, 0.29) is 36.9 Å². The topological polar surface area (TPSA) is 53.5 Å². The third-order valence-corrected chi connectivity index (χ3v) is 5.96. The second-order valence-electron chi connectivity index (χ2n) is 5.75. The van der Waals surface area contributed by atoms with E-state index in [4.69, 9.17) is 0 Å². The first-order chi connectivity index (χ1) is 12.2. The minimum Gasteiger partial charge on any atom is -0.354 e. The maximum absolute atomic E-state index is 13.3. The van der Waals surface area contributed by atoms with Crippen LogP contribution in [0.15, 0.2) is 47.5 Å². The summed E-state index contributed by atoms with van der Waals surface area (Å²) in [5.41, 5.74) is -0.808. The number of sulfonamides is 1. The number of piperazine rings is 1. The Bertz CT molecular complexity index is 894. The molecule has 0 aliphatic carbocycles. The first kappa shape index (κ1) is 18.6. The van der Waals surface area contributed by atoms with Crippen molar-refractivity contribution in [2.45, 2.75) is 11.1 Å². The molecule has 0 amide bonds. The van der Waals surface area contributed by atoms with Crippen LogP contribution < -0.4 is 4.90 Å². The van der Waals surface area contributed by atoms with Gasteiger partial charge in [-0.15, -0.1) is 0 Å². The first-order valence-corrected chi connectivity index (χ1v) is 9.16. The predicted octanol–water partition coefficient (Wildman–Crippen LogP) is 2.75. The van der Waals surface area contributed by atoms with Gasteiger partial charge in [-0.2, -0.15) is 17.5 Å². The lowest BCUT2D eigenvalue weighted by atomic mass is 10.2. The number of pyridine rings is 1. The Labute approximate surface area is 147 Å². The van der Waals surface area contributed by atoms with Crippen LogP contribution in [0.3, 0.4) is 0 Å². The molecule has 1 aromatic carbocycles. The largest absolute Gasteiger partial charge is 0.416 e. The smallest absolute Gasteiger partial charge is 0.354 e. The number of halogens is 4. The highest BCUT2D eigenvalue weighted by Crippen LogP contribution is 2.31. The van der Waals surface area contributed by atoms with Crippen molar-refractivity contribution in [1.82, 2.24) is 9.29 Å². The van der Waals surface area contributed by atoms with Gasteiger partial charge < -0.3 is 4.90 Å². The third-order valence-electron chi connectivity index (χ3n) is 4.07. The number of rotatable bonds is 3. The number of anilines is 1. The molecule has 1 saturated heterocycles. The van der Waals surface area contributed by atoms with E-state index in [1.807, 2.05) is 0 Å². The van der Waals surface area contributed by atoms with Crippen LogP contribution in [-0.2, 0) is 16.2 Å². The van der Waals surface area contributed by atoms with Crippen LogP contribution >= 0.6 is 0 Å². The summed E-state index contributed by atoms with van der Waals surface area (Å²) in [7, 11) is -3.86. The second-order valence-corrected chi connectivity index (χ2v) is 7.69. The van der Waals surface area contributed by atoms with Crippen molar-refractivity contribution in [1.29, 1.82) is 0 Å². The normalized spacial score (nSPS) is 16.7. The Balaban J connectivity index is 1.73. The summed E-state index contributed by atoms with van der Waals surface area (Å²) in [6.45, 7) is 0.499. The van der Waals surface area contributed by atoms with Gasteiger partial charge in [-0.25, -0.2) is 17.8 Å². The van der Waals surface area contributed by atoms with E-state index in [1.54, 1.807) is 4.90 Å². The second kappa shape index (κ2) is 6.84. The first-order valence-electron chi connectivity index (χ1n) is 7.72. The van der Waals surface area contributed by atoms with Gasteiger partial charge in [0.1, 0.15) is 11.6 Å². The van der Waals surface area contributed by atoms with Crippen LogP contribution in [0, 0.1) is 5.82 Å². The SMILES string of the molecule is O=S(=O)(c1cccc(F)c1)N1CCN(c2cc(C(F)(F)F)ccn2)CC1. The summed E-state index contributed by atoms with van der Waals surface area (Å²) < 4.78 is 78.0. The maximum Gasteiger partial charge on any atom is 0.416 e. The Morgan fingerprint density at radius 2 is 1.69 bits per heavy atom. The summed E-state index contributed by atoms with van der Waals surface area (Å²) in [5.74, 6) is -0.513. The van der Waals surface area contributed by atoms with Crippen LogP contribution in [0.5, 0.6) is 0 Å². The fourth-order valence-corrected chi connectivity index (χ4v) is 4.16. The Kier molecular flexibility index (Phi) is 4.89. The molecule has 1 fully saturated rings. The molecule has 1 aromatic heterocycles. The monoisotopic (exact) mass is 389 g/mol. The number of hydrogen-bond donors (Lipinski definition) is 0. The molecule has 0 saturated carbocycles. The summed E-state index contributed by atoms with van der Waals surface area (Å²) in [6, 6.07) is 6.53. The van der Waals surface area contributed by atoms with Crippen molar-refractivity contribution in [3.63, 3.8) is 0 Å². The predicted molar refractivity (Wildman–Crippen MR) is 86.6 cm³/mol. The molecule has 0 unspecified atom stereocenters. The van der Waals surface area contributed by atoms with Crippen molar-refractivity contribution in [2.24, 2.45) is 0 Å². The molecule has 0 atom stereocenters. The molecule has 2 heterocycles. The highest BCUT2D eigenvalue weighted by atomic mass is 32.2. The molecule has 10 heteroatoms. The summed E-state index contributed by atoms with van der Waals surface area (Å²) >= 11 is 0. The molecule has 5 nitrogen and oxygen atoms in total. The van der Waals surface area contributed by atoms with Gasteiger partial charge in [0.25, 0.3) is 0 Å². The average Bonchev–Trinajstić information content (AvgIpc) is 2.61. The van der Waals surface area contributed by atoms with Crippen LogP contribution in [0.1, 0.15) is 5.56 Å². The lowest BCUT2D eigenvalue weighted by Gasteiger charge is -2.34. The summed E-state index contributed by atoms with van der Waals surface area (Å²) in [4.78, 5) is 5.38. The zero-order valence-corrected chi connectivity index (χ0v) is 14.3. The Morgan fingerprint density at radius 3 is 2.31 bits per heavy atom. The van der Waals surface area contributed by atoms with Crippen LogP contribution in [0.25, 0.3) is 0 Å². The fourth-order valence-electron chi connectivity index (χ4n) is 2.70. The van der Waals surface area contributed by atoms with Gasteiger partial charge in [0.05, 0.1) is 10.5 Å². The molecule has 3 rings (SSSR count). The molecule has 0 spiro atoms. The van der Waals surface area contributed by atoms with E-state index in [0.717, 1.165) is 30.5 Å². The van der Waals surface area contributed by atoms with Crippen molar-refractivity contribution in [3.8, 4) is 0 Å². The fraction of sp³-hybridized carbons (Fsp3) is 0.312. The zero-order chi connectivity index (χ0) is 18.9. The minimum atomic E-state index is -4.47. The number of hydrogen-bond acceptors (Lipinski definition) is 4. The van der Waals surface area contributed by atoms with E-state index in [2.05, 4.69) is 4.98 Å². The standard InChI is InChI=1S/C16H15F4N3O2S/c17-13-2-1-3-14(11-13)26(24,25)23-8-6-22(7-9-23)15-10-12(4-5-21-15)16(18,19)20/h1-5,10-11H,6-9H2. The van der Waals surface area contributed by atoms with Gasteiger partial charge in [0.15, 0.2) is 0 Å². The van der Waals surface area contributed by atoms with Gasteiger partial charge in [0, 0.05) is 32.4 Å². The molecular weight excluding hydrogens is 374 g/mol. The highest BCUT2D eigenvalue weighted by molar-refractivity contribution is 7.89. The number of aromatic nitrogens is 1. The van der Waals surface area contributed by atoms with E-state index in [0.29, 0.717) is 0 Å². The van der Waals surface area contributed by atoms with E-state index >= 15 is 0 Å². The number of alkyl halides is 3. The molecule has 1 aliphatic rings. The lowest BCUT2D eigenvalue weighted by molar-refractivity contribution is -0.137. The third kappa shape index (κ3) is 3.80. The number of nitrogens with zero attached hydrogens (tertiary/aromatic N) is 3. The van der Waals surface area contributed by atoms with Crippen molar-refractivity contribution >= 4 is 15.8 Å². The van der Waals surface area contributed by atoms with E-state index in [9.17, 15) is 26.0 Å². The van der Waals surface area contributed by atoms with Crippen LogP contribution in [0.4, 0.5) is 23.4 Å². The molecule has 0 N–H and O–H groups in total. The van der Waals surface area contributed by atoms with Gasteiger partial charge in [-0.1, -0.05) is 6.07 Å². The van der Waals surface area contributed by atoms with Crippen molar-refractivity contribution < 1.29 is 26.0 Å². The molecular formula is C16H15F4N3O2S. The Morgan fingerprint density at radius 1 is 1.00 bits per heavy atom. The van der Waals surface area contributed by atoms with Crippen LogP contribution in [0.2, 0.25) is 0 Å². The van der Waals surface area contributed by atoms with E-state index in [1.165, 1.54) is 16.4 Å². The highest BCUT2D eigenvalue weighted by Gasteiger charge is 2.33. The van der Waals surface area contributed by atoms with Gasteiger partial charge >= 0.3 is 6.18 Å². The van der Waals surface area contributed by atoms with Crippen LogP contribution in [-0.4, -0.2) is 43.9 Å². The van der Waals surface area contributed by atoms with Gasteiger partial charge in [-0.3, -0.25) is 0 Å². The van der Waals surface area contributed by atoms with E-state index < -0.39 is 27.6 Å². The molecule has 0 radical (unpaired) electrons. The zero-order valence-electron chi connectivity index (χ0n) is 13.4. The summed E-state index contributed by atoms with van der Waals surface area (Å²) in [5, 5.41) is 0. The van der Waals surface area contributed by atoms with Crippen molar-refractivity contribution in [3.05, 3.63) is 54.0 Å². The lowest BCUT2D eigenvalue weighted by Crippen LogP contribution is -2.49. The van der Waals surface area contributed by atoms with Crippen molar-refractivity contribution in [2.75, 3.05) is 31.1 Å². The quantitative estimate of drug-likeness (QED) is 0.758.